The van der Waals surface area contributed by atoms with Gasteiger partial charge in [-0.2, -0.15) is 0 Å². The molecule has 0 radical (unpaired) electrons. The summed E-state index contributed by atoms with van der Waals surface area (Å²) in [6, 6.07) is 6.21. The minimum atomic E-state index is 0.111. The number of aliphatic imine (C=N–C) groups is 1. The van der Waals surface area contributed by atoms with E-state index in [-0.39, 0.29) is 6.10 Å². The maximum atomic E-state index is 5.74. The molecule has 2 aliphatic rings. The molecule has 0 unspecified atom stereocenters. The summed E-state index contributed by atoms with van der Waals surface area (Å²) in [4.78, 5) is 16.0. The largest absolute Gasteiger partial charge is 0.475 e. The van der Waals surface area contributed by atoms with Gasteiger partial charge in [-0.1, -0.05) is 0 Å². The third-order valence-corrected chi connectivity index (χ3v) is 4.43. The molecule has 2 aliphatic heterocycles. The monoisotopic (exact) mass is 322 g/mol. The first-order valence-corrected chi connectivity index (χ1v) is 8.62. The summed E-state index contributed by atoms with van der Waals surface area (Å²) in [5, 5.41) is 0. The van der Waals surface area contributed by atoms with Crippen molar-refractivity contribution in [3.63, 3.8) is 0 Å². The molecule has 2 aromatic heterocycles. The SMILES string of the molecule is CC(C)Oc1cc2c(cn1)CN=C2c1ccnc(N2CCCC2)c1. The molecule has 2 aromatic rings. The van der Waals surface area contributed by atoms with Gasteiger partial charge in [0.1, 0.15) is 5.82 Å². The molecule has 0 N–H and O–H groups in total. The van der Waals surface area contributed by atoms with E-state index in [2.05, 4.69) is 20.9 Å². The molecular formula is C19H22N4O. The summed E-state index contributed by atoms with van der Waals surface area (Å²) < 4.78 is 5.74. The lowest BCUT2D eigenvalue weighted by atomic mass is 10.0. The Kier molecular flexibility index (Phi) is 3.92. The summed E-state index contributed by atoms with van der Waals surface area (Å²) in [7, 11) is 0. The second-order valence-corrected chi connectivity index (χ2v) is 6.61. The number of nitrogens with zero attached hydrogens (tertiary/aromatic N) is 4. The third kappa shape index (κ3) is 2.86. The second kappa shape index (κ2) is 6.23. The maximum absolute atomic E-state index is 5.74. The fraction of sp³-hybridized carbons (Fsp3) is 0.421. The second-order valence-electron chi connectivity index (χ2n) is 6.61. The van der Waals surface area contributed by atoms with Gasteiger partial charge in [0, 0.05) is 48.2 Å². The summed E-state index contributed by atoms with van der Waals surface area (Å²) in [5.74, 6) is 1.71. The summed E-state index contributed by atoms with van der Waals surface area (Å²) in [5.41, 5.74) is 4.41. The fourth-order valence-corrected chi connectivity index (χ4v) is 3.30. The molecule has 0 aromatic carbocycles. The van der Waals surface area contributed by atoms with Crippen molar-refractivity contribution in [3.8, 4) is 5.88 Å². The first-order chi connectivity index (χ1) is 11.7. The van der Waals surface area contributed by atoms with Crippen molar-refractivity contribution in [3.05, 3.63) is 47.3 Å². The molecule has 0 amide bonds. The highest BCUT2D eigenvalue weighted by molar-refractivity contribution is 6.15. The lowest BCUT2D eigenvalue weighted by Gasteiger charge is -2.17. The topological polar surface area (TPSA) is 50.6 Å². The summed E-state index contributed by atoms with van der Waals surface area (Å²) in [6.45, 7) is 6.89. The maximum Gasteiger partial charge on any atom is 0.214 e. The zero-order valence-electron chi connectivity index (χ0n) is 14.2. The van der Waals surface area contributed by atoms with Gasteiger partial charge in [0.15, 0.2) is 0 Å². The molecule has 0 spiro atoms. The molecular weight excluding hydrogens is 300 g/mol. The normalized spacial score (nSPS) is 16.5. The van der Waals surface area contributed by atoms with Gasteiger partial charge < -0.3 is 9.64 Å². The van der Waals surface area contributed by atoms with Crippen LogP contribution in [0.1, 0.15) is 43.4 Å². The molecule has 1 fully saturated rings. The molecule has 5 nitrogen and oxygen atoms in total. The lowest BCUT2D eigenvalue weighted by molar-refractivity contribution is 0.232. The number of aromatic nitrogens is 2. The van der Waals surface area contributed by atoms with Crippen LogP contribution in [0.15, 0.2) is 35.6 Å². The quantitative estimate of drug-likeness (QED) is 0.867. The van der Waals surface area contributed by atoms with E-state index in [1.54, 1.807) is 0 Å². The first kappa shape index (κ1) is 15.1. The van der Waals surface area contributed by atoms with Crippen LogP contribution in [0.3, 0.4) is 0 Å². The van der Waals surface area contributed by atoms with Crippen LogP contribution in [-0.2, 0) is 6.54 Å². The smallest absolute Gasteiger partial charge is 0.214 e. The molecule has 1 saturated heterocycles. The Morgan fingerprint density at radius 3 is 2.75 bits per heavy atom. The number of hydrogen-bond donors (Lipinski definition) is 0. The minimum absolute atomic E-state index is 0.111. The fourth-order valence-electron chi connectivity index (χ4n) is 3.30. The Hall–Kier alpha value is -2.43. The molecule has 4 heterocycles. The van der Waals surface area contributed by atoms with E-state index in [0.29, 0.717) is 12.4 Å². The summed E-state index contributed by atoms with van der Waals surface area (Å²) >= 11 is 0. The van der Waals surface area contributed by atoms with Crippen LogP contribution in [-0.4, -0.2) is 34.9 Å². The van der Waals surface area contributed by atoms with Gasteiger partial charge in [0.2, 0.25) is 5.88 Å². The van der Waals surface area contributed by atoms with Crippen molar-refractivity contribution < 1.29 is 4.74 Å². The lowest BCUT2D eigenvalue weighted by Crippen LogP contribution is -2.19. The van der Waals surface area contributed by atoms with E-state index in [1.807, 2.05) is 38.4 Å². The third-order valence-electron chi connectivity index (χ3n) is 4.43. The van der Waals surface area contributed by atoms with Crippen LogP contribution in [0.4, 0.5) is 5.82 Å². The van der Waals surface area contributed by atoms with Crippen LogP contribution in [0.2, 0.25) is 0 Å². The number of pyridine rings is 2. The molecule has 0 saturated carbocycles. The van der Waals surface area contributed by atoms with Crippen LogP contribution in [0.25, 0.3) is 0 Å². The summed E-state index contributed by atoms with van der Waals surface area (Å²) in [6.07, 6.45) is 6.37. The Balaban J connectivity index is 1.66. The van der Waals surface area contributed by atoms with Gasteiger partial charge in [0.05, 0.1) is 18.4 Å². The highest BCUT2D eigenvalue weighted by Gasteiger charge is 2.21. The van der Waals surface area contributed by atoms with Gasteiger partial charge in [0.25, 0.3) is 0 Å². The number of rotatable bonds is 4. The average molecular weight is 322 g/mol. The number of ether oxygens (including phenoxy) is 1. The van der Waals surface area contributed by atoms with Gasteiger partial charge in [-0.15, -0.1) is 0 Å². The van der Waals surface area contributed by atoms with E-state index >= 15 is 0 Å². The van der Waals surface area contributed by atoms with Crippen LogP contribution >= 0.6 is 0 Å². The van der Waals surface area contributed by atoms with Crippen molar-refractivity contribution in [2.24, 2.45) is 4.99 Å². The van der Waals surface area contributed by atoms with Crippen LogP contribution in [0.5, 0.6) is 5.88 Å². The van der Waals surface area contributed by atoms with Gasteiger partial charge in [-0.25, -0.2) is 9.97 Å². The first-order valence-electron chi connectivity index (χ1n) is 8.62. The van der Waals surface area contributed by atoms with Gasteiger partial charge in [-0.3, -0.25) is 4.99 Å². The predicted molar refractivity (Wildman–Crippen MR) is 95.0 cm³/mol. The zero-order valence-corrected chi connectivity index (χ0v) is 14.2. The van der Waals surface area contributed by atoms with Crippen molar-refractivity contribution in [1.82, 2.24) is 9.97 Å². The van der Waals surface area contributed by atoms with Crippen LogP contribution in [0, 0.1) is 0 Å². The van der Waals surface area contributed by atoms with Crippen molar-refractivity contribution in [2.75, 3.05) is 18.0 Å². The van der Waals surface area contributed by atoms with E-state index in [9.17, 15) is 0 Å². The molecule has 4 rings (SSSR count). The Labute approximate surface area is 142 Å². The molecule has 0 bridgehead atoms. The molecule has 5 heteroatoms. The van der Waals surface area contributed by atoms with E-state index in [0.717, 1.165) is 41.3 Å². The Morgan fingerprint density at radius 1 is 1.12 bits per heavy atom. The molecule has 0 aliphatic carbocycles. The highest BCUT2D eigenvalue weighted by Crippen LogP contribution is 2.27. The molecule has 24 heavy (non-hydrogen) atoms. The Bertz CT molecular complexity index is 779. The number of anilines is 1. The minimum Gasteiger partial charge on any atom is -0.475 e. The van der Waals surface area contributed by atoms with Crippen molar-refractivity contribution in [1.29, 1.82) is 0 Å². The van der Waals surface area contributed by atoms with E-state index in [4.69, 9.17) is 9.73 Å². The van der Waals surface area contributed by atoms with Gasteiger partial charge in [-0.05, 0) is 38.8 Å². The van der Waals surface area contributed by atoms with Crippen molar-refractivity contribution >= 4 is 11.5 Å². The zero-order chi connectivity index (χ0) is 16.5. The number of fused-ring (bicyclic) bond motifs is 1. The number of hydrogen-bond acceptors (Lipinski definition) is 5. The van der Waals surface area contributed by atoms with Crippen LogP contribution < -0.4 is 9.64 Å². The van der Waals surface area contributed by atoms with Crippen molar-refractivity contribution in [2.45, 2.75) is 39.3 Å². The molecule has 0 atom stereocenters. The van der Waals surface area contributed by atoms with Gasteiger partial charge >= 0.3 is 0 Å². The predicted octanol–water partition coefficient (Wildman–Crippen LogP) is 3.22. The molecule has 124 valence electrons. The Morgan fingerprint density at radius 2 is 1.96 bits per heavy atom. The van der Waals surface area contributed by atoms with E-state index in [1.165, 1.54) is 12.8 Å². The van der Waals surface area contributed by atoms with E-state index < -0.39 is 0 Å². The highest BCUT2D eigenvalue weighted by atomic mass is 16.5. The standard InChI is InChI=1S/C19H22N4O/c1-13(2)24-18-10-16-15(11-21-18)12-22-19(16)14-5-6-20-17(9-14)23-7-3-4-8-23/h5-6,9-11,13H,3-4,7-8,12H2,1-2H3. The average Bonchev–Trinajstić information content (AvgIpc) is 3.24.